The number of benzene rings is 2. The topological polar surface area (TPSA) is 70.7 Å². The van der Waals surface area contributed by atoms with Crippen molar-refractivity contribution in [2.24, 2.45) is 0 Å². The first-order valence-electron chi connectivity index (χ1n) is 9.17. The lowest BCUT2D eigenvalue weighted by molar-refractivity contribution is -0.115. The first-order valence-corrected chi connectivity index (χ1v) is 9.17. The summed E-state index contributed by atoms with van der Waals surface area (Å²) < 4.78 is 4.93. The zero-order valence-corrected chi connectivity index (χ0v) is 15.5. The molecule has 1 aliphatic heterocycles. The van der Waals surface area contributed by atoms with E-state index in [1.807, 2.05) is 12.1 Å². The van der Waals surface area contributed by atoms with Crippen LogP contribution in [0.25, 0.3) is 0 Å². The maximum absolute atomic E-state index is 12.5. The molecule has 142 valence electrons. The Kier molecular flexibility index (Phi) is 6.44. The van der Waals surface area contributed by atoms with Gasteiger partial charge >= 0.3 is 0 Å². The van der Waals surface area contributed by atoms with E-state index in [0.29, 0.717) is 30.9 Å². The summed E-state index contributed by atoms with van der Waals surface area (Å²) in [5.41, 5.74) is 3.54. The number of methoxy groups -OCH3 is 1. The second-order valence-corrected chi connectivity index (χ2v) is 6.53. The minimum absolute atomic E-state index is 0.0938. The van der Waals surface area contributed by atoms with Gasteiger partial charge in [-0.3, -0.25) is 9.59 Å². The van der Waals surface area contributed by atoms with Gasteiger partial charge in [0.25, 0.3) is 5.91 Å². The van der Waals surface area contributed by atoms with E-state index in [1.165, 1.54) is 5.56 Å². The summed E-state index contributed by atoms with van der Waals surface area (Å²) in [7, 11) is 1.59. The number of hydrogen-bond donors (Lipinski definition) is 2. The van der Waals surface area contributed by atoms with Crippen LogP contribution in [0.15, 0.2) is 48.5 Å². The van der Waals surface area contributed by atoms with Crippen LogP contribution < -0.4 is 15.5 Å². The number of carbonyl (C=O) groups excluding carboxylic acids is 2. The number of ether oxygens (including phenoxy) is 1. The lowest BCUT2D eigenvalue weighted by atomic mass is 10.0. The van der Waals surface area contributed by atoms with Crippen molar-refractivity contribution in [3.05, 3.63) is 59.7 Å². The second-order valence-electron chi connectivity index (χ2n) is 6.53. The molecule has 1 heterocycles. The SMILES string of the molecule is COCCNC(=O)c1cccc(NC(=O)CN2CCCc3ccccc32)c1. The van der Waals surface area contributed by atoms with Gasteiger partial charge < -0.3 is 20.3 Å². The Morgan fingerprint density at radius 3 is 2.85 bits per heavy atom. The molecule has 0 spiro atoms. The highest BCUT2D eigenvalue weighted by atomic mass is 16.5. The minimum atomic E-state index is -0.187. The fourth-order valence-corrected chi connectivity index (χ4v) is 3.26. The normalized spacial score (nSPS) is 13.0. The Morgan fingerprint density at radius 2 is 2.00 bits per heavy atom. The van der Waals surface area contributed by atoms with E-state index >= 15 is 0 Å². The first-order chi connectivity index (χ1) is 13.2. The smallest absolute Gasteiger partial charge is 0.251 e. The quantitative estimate of drug-likeness (QED) is 0.738. The van der Waals surface area contributed by atoms with E-state index in [2.05, 4.69) is 27.7 Å². The summed E-state index contributed by atoms with van der Waals surface area (Å²) in [6.07, 6.45) is 2.09. The molecule has 1 aliphatic rings. The van der Waals surface area contributed by atoms with E-state index in [-0.39, 0.29) is 11.8 Å². The fourth-order valence-electron chi connectivity index (χ4n) is 3.26. The molecular formula is C21H25N3O3. The van der Waals surface area contributed by atoms with Crippen molar-refractivity contribution >= 4 is 23.2 Å². The molecule has 6 nitrogen and oxygen atoms in total. The number of carbonyl (C=O) groups is 2. The molecule has 0 radical (unpaired) electrons. The van der Waals surface area contributed by atoms with Crippen LogP contribution in [0, 0.1) is 0 Å². The number of para-hydroxylation sites is 1. The average molecular weight is 367 g/mol. The molecule has 0 unspecified atom stereocenters. The highest BCUT2D eigenvalue weighted by molar-refractivity contribution is 5.98. The molecule has 0 aliphatic carbocycles. The number of aryl methyl sites for hydroxylation is 1. The van der Waals surface area contributed by atoms with Crippen LogP contribution in [0.5, 0.6) is 0 Å². The Morgan fingerprint density at radius 1 is 1.15 bits per heavy atom. The van der Waals surface area contributed by atoms with Crippen LogP contribution in [0.3, 0.4) is 0 Å². The van der Waals surface area contributed by atoms with E-state index in [9.17, 15) is 9.59 Å². The van der Waals surface area contributed by atoms with Gasteiger partial charge in [-0.1, -0.05) is 24.3 Å². The third-order valence-electron chi connectivity index (χ3n) is 4.54. The standard InChI is InChI=1S/C21H25N3O3/c1-27-13-11-22-21(26)17-7-4-9-18(14-17)23-20(25)15-24-12-5-8-16-6-2-3-10-19(16)24/h2-4,6-7,9-10,14H,5,8,11-13,15H2,1H3,(H,22,26)(H,23,25). The van der Waals surface area contributed by atoms with Crippen molar-refractivity contribution in [2.75, 3.05) is 43.6 Å². The fraction of sp³-hybridized carbons (Fsp3) is 0.333. The van der Waals surface area contributed by atoms with Gasteiger partial charge in [0.15, 0.2) is 0 Å². The molecular weight excluding hydrogens is 342 g/mol. The van der Waals surface area contributed by atoms with Crippen molar-refractivity contribution in [3.63, 3.8) is 0 Å². The van der Waals surface area contributed by atoms with Gasteiger partial charge in [0.2, 0.25) is 5.91 Å². The molecule has 0 atom stereocenters. The monoisotopic (exact) mass is 367 g/mol. The lowest BCUT2D eigenvalue weighted by Gasteiger charge is -2.30. The van der Waals surface area contributed by atoms with Crippen molar-refractivity contribution < 1.29 is 14.3 Å². The van der Waals surface area contributed by atoms with Crippen LogP contribution in [0.4, 0.5) is 11.4 Å². The Labute approximate surface area is 159 Å². The summed E-state index contributed by atoms with van der Waals surface area (Å²) in [6, 6.07) is 15.2. The number of fused-ring (bicyclic) bond motifs is 1. The van der Waals surface area contributed by atoms with Gasteiger partial charge in [-0.15, -0.1) is 0 Å². The maximum atomic E-state index is 12.5. The summed E-state index contributed by atoms with van der Waals surface area (Å²) >= 11 is 0. The van der Waals surface area contributed by atoms with Crippen LogP contribution in [-0.4, -0.2) is 45.2 Å². The predicted molar refractivity (Wildman–Crippen MR) is 106 cm³/mol. The summed E-state index contributed by atoms with van der Waals surface area (Å²) in [6.45, 7) is 2.06. The van der Waals surface area contributed by atoms with E-state index in [1.54, 1.807) is 31.4 Å². The number of hydrogen-bond acceptors (Lipinski definition) is 4. The molecule has 27 heavy (non-hydrogen) atoms. The average Bonchev–Trinajstić information content (AvgIpc) is 2.68. The molecule has 0 bridgehead atoms. The number of amides is 2. The Hall–Kier alpha value is -2.86. The van der Waals surface area contributed by atoms with Crippen molar-refractivity contribution in [1.82, 2.24) is 5.32 Å². The number of rotatable bonds is 7. The third-order valence-corrected chi connectivity index (χ3v) is 4.54. The van der Waals surface area contributed by atoms with Crippen LogP contribution in [-0.2, 0) is 16.0 Å². The molecule has 0 fully saturated rings. The van der Waals surface area contributed by atoms with Crippen molar-refractivity contribution in [2.45, 2.75) is 12.8 Å². The molecule has 2 amide bonds. The maximum Gasteiger partial charge on any atom is 0.251 e. The number of nitrogens with zero attached hydrogens (tertiary/aromatic N) is 1. The van der Waals surface area contributed by atoms with Crippen LogP contribution in [0.2, 0.25) is 0 Å². The largest absolute Gasteiger partial charge is 0.383 e. The van der Waals surface area contributed by atoms with Gasteiger partial charge in [-0.25, -0.2) is 0 Å². The van der Waals surface area contributed by atoms with Gasteiger partial charge in [0, 0.05) is 37.1 Å². The van der Waals surface area contributed by atoms with Gasteiger partial charge in [-0.2, -0.15) is 0 Å². The zero-order chi connectivity index (χ0) is 19.1. The summed E-state index contributed by atoms with van der Waals surface area (Å²) in [4.78, 5) is 26.7. The van der Waals surface area contributed by atoms with Gasteiger partial charge in [-0.05, 0) is 42.7 Å². The molecule has 3 rings (SSSR count). The van der Waals surface area contributed by atoms with Crippen LogP contribution in [0.1, 0.15) is 22.3 Å². The van der Waals surface area contributed by atoms with E-state index in [0.717, 1.165) is 25.1 Å². The Balaban J connectivity index is 1.60. The van der Waals surface area contributed by atoms with Crippen LogP contribution >= 0.6 is 0 Å². The number of anilines is 2. The predicted octanol–water partition coefficient (Wildman–Crippen LogP) is 2.45. The molecule has 0 saturated carbocycles. The number of nitrogens with one attached hydrogen (secondary N) is 2. The zero-order valence-electron chi connectivity index (χ0n) is 15.5. The van der Waals surface area contributed by atoms with Gasteiger partial charge in [0.05, 0.1) is 13.2 Å². The lowest BCUT2D eigenvalue weighted by Crippen LogP contribution is -2.36. The Bertz CT molecular complexity index is 807. The molecule has 0 saturated heterocycles. The molecule has 2 N–H and O–H groups in total. The molecule has 0 aromatic heterocycles. The molecule has 6 heteroatoms. The third kappa shape index (κ3) is 5.08. The molecule has 2 aromatic rings. The van der Waals surface area contributed by atoms with E-state index < -0.39 is 0 Å². The molecule has 2 aromatic carbocycles. The summed E-state index contributed by atoms with van der Waals surface area (Å²) in [5, 5.41) is 5.67. The highest BCUT2D eigenvalue weighted by Crippen LogP contribution is 2.26. The van der Waals surface area contributed by atoms with Crippen molar-refractivity contribution in [1.29, 1.82) is 0 Å². The summed E-state index contributed by atoms with van der Waals surface area (Å²) in [5.74, 6) is -0.281. The first kappa shape index (κ1) is 18.9. The van der Waals surface area contributed by atoms with Gasteiger partial charge in [0.1, 0.15) is 0 Å². The van der Waals surface area contributed by atoms with Crippen molar-refractivity contribution in [3.8, 4) is 0 Å². The minimum Gasteiger partial charge on any atom is -0.383 e. The highest BCUT2D eigenvalue weighted by Gasteiger charge is 2.18. The van der Waals surface area contributed by atoms with E-state index in [4.69, 9.17) is 4.74 Å². The second kappa shape index (κ2) is 9.19.